The molecule has 0 radical (unpaired) electrons. The number of benzene rings is 2. The molecule has 0 aliphatic carbocycles. The van der Waals surface area contributed by atoms with Gasteiger partial charge in [0.25, 0.3) is 5.91 Å². The molecule has 27 heavy (non-hydrogen) atoms. The van der Waals surface area contributed by atoms with Crippen molar-refractivity contribution < 1.29 is 4.79 Å². The molecule has 0 N–H and O–H groups in total. The second kappa shape index (κ2) is 8.14. The standard InChI is InChI=1S/C23H23N3O/c27-23(22-10-8-21(9-11-22)20-6-2-1-3-7-20)26-15-13-25(14-16-26)18-19-5-4-12-24-17-19/h1-12,17H,13-16,18H2. The zero-order chi connectivity index (χ0) is 18.5. The normalized spacial score (nSPS) is 14.9. The second-order valence-electron chi connectivity index (χ2n) is 6.87. The number of piperazine rings is 1. The maximum atomic E-state index is 12.8. The molecule has 2 heterocycles. The monoisotopic (exact) mass is 357 g/mol. The lowest BCUT2D eigenvalue weighted by atomic mass is 10.0. The predicted octanol–water partition coefficient (Wildman–Crippen LogP) is 3.71. The minimum atomic E-state index is 0.121. The van der Waals surface area contributed by atoms with E-state index in [-0.39, 0.29) is 5.91 Å². The number of carbonyl (C=O) groups is 1. The molecular formula is C23H23N3O. The Balaban J connectivity index is 1.35. The molecule has 2 aromatic carbocycles. The van der Waals surface area contributed by atoms with Crippen LogP contribution in [0.4, 0.5) is 0 Å². The van der Waals surface area contributed by atoms with E-state index in [0.717, 1.165) is 43.9 Å². The fourth-order valence-electron chi connectivity index (χ4n) is 3.48. The van der Waals surface area contributed by atoms with Gasteiger partial charge < -0.3 is 4.90 Å². The van der Waals surface area contributed by atoms with Crippen LogP contribution in [0.25, 0.3) is 11.1 Å². The summed E-state index contributed by atoms with van der Waals surface area (Å²) in [5.74, 6) is 0.121. The molecule has 136 valence electrons. The molecule has 1 aliphatic heterocycles. The molecule has 4 rings (SSSR count). The Labute approximate surface area is 160 Å². The fraction of sp³-hybridized carbons (Fsp3) is 0.217. The van der Waals surface area contributed by atoms with Crippen molar-refractivity contribution in [2.24, 2.45) is 0 Å². The van der Waals surface area contributed by atoms with E-state index in [1.54, 1.807) is 6.20 Å². The Hall–Kier alpha value is -2.98. The van der Waals surface area contributed by atoms with Crippen LogP contribution in [0.15, 0.2) is 79.1 Å². The van der Waals surface area contributed by atoms with E-state index in [2.05, 4.69) is 28.1 Å². The number of aromatic nitrogens is 1. The smallest absolute Gasteiger partial charge is 0.253 e. The van der Waals surface area contributed by atoms with Gasteiger partial charge in [-0.05, 0) is 34.9 Å². The lowest BCUT2D eigenvalue weighted by Gasteiger charge is -2.34. The van der Waals surface area contributed by atoms with Crippen molar-refractivity contribution in [1.29, 1.82) is 0 Å². The van der Waals surface area contributed by atoms with Gasteiger partial charge >= 0.3 is 0 Å². The van der Waals surface area contributed by atoms with Crippen LogP contribution in [0, 0.1) is 0 Å². The van der Waals surface area contributed by atoms with Gasteiger partial charge in [0.1, 0.15) is 0 Å². The van der Waals surface area contributed by atoms with E-state index in [1.807, 2.05) is 59.6 Å². The SMILES string of the molecule is O=C(c1ccc(-c2ccccc2)cc1)N1CCN(Cc2cccnc2)CC1. The van der Waals surface area contributed by atoms with E-state index in [0.29, 0.717) is 0 Å². The number of amides is 1. The van der Waals surface area contributed by atoms with Gasteiger partial charge in [-0.2, -0.15) is 0 Å². The number of nitrogens with zero attached hydrogens (tertiary/aromatic N) is 3. The van der Waals surface area contributed by atoms with Crippen molar-refractivity contribution in [2.75, 3.05) is 26.2 Å². The topological polar surface area (TPSA) is 36.4 Å². The van der Waals surface area contributed by atoms with Crippen molar-refractivity contribution in [3.63, 3.8) is 0 Å². The molecule has 1 amide bonds. The third-order valence-electron chi connectivity index (χ3n) is 5.03. The lowest BCUT2D eigenvalue weighted by Crippen LogP contribution is -2.48. The maximum absolute atomic E-state index is 12.8. The van der Waals surface area contributed by atoms with Gasteiger partial charge in [0, 0.05) is 50.7 Å². The molecule has 0 unspecified atom stereocenters. The lowest BCUT2D eigenvalue weighted by molar-refractivity contribution is 0.0628. The third kappa shape index (κ3) is 4.23. The average Bonchev–Trinajstić information content (AvgIpc) is 2.75. The number of hydrogen-bond acceptors (Lipinski definition) is 3. The number of rotatable bonds is 4. The Morgan fingerprint density at radius 2 is 1.52 bits per heavy atom. The summed E-state index contributed by atoms with van der Waals surface area (Å²) in [7, 11) is 0. The number of pyridine rings is 1. The van der Waals surface area contributed by atoms with Crippen LogP contribution in [0.2, 0.25) is 0 Å². The van der Waals surface area contributed by atoms with Gasteiger partial charge in [-0.15, -0.1) is 0 Å². The summed E-state index contributed by atoms with van der Waals surface area (Å²) in [5, 5.41) is 0. The average molecular weight is 357 g/mol. The molecule has 1 aliphatic rings. The Kier molecular flexibility index (Phi) is 5.26. The van der Waals surface area contributed by atoms with Gasteiger partial charge in [-0.3, -0.25) is 14.7 Å². The van der Waals surface area contributed by atoms with Crippen LogP contribution in [0.5, 0.6) is 0 Å². The van der Waals surface area contributed by atoms with E-state index >= 15 is 0 Å². The zero-order valence-electron chi connectivity index (χ0n) is 15.3. The molecular weight excluding hydrogens is 334 g/mol. The summed E-state index contributed by atoms with van der Waals surface area (Å²) in [6.07, 6.45) is 3.70. The van der Waals surface area contributed by atoms with Crippen LogP contribution >= 0.6 is 0 Å². The Bertz CT molecular complexity index is 871. The van der Waals surface area contributed by atoms with E-state index in [1.165, 1.54) is 11.1 Å². The predicted molar refractivity (Wildman–Crippen MR) is 107 cm³/mol. The molecule has 0 saturated carbocycles. The van der Waals surface area contributed by atoms with Crippen LogP contribution in [-0.2, 0) is 6.54 Å². The van der Waals surface area contributed by atoms with E-state index in [9.17, 15) is 4.79 Å². The van der Waals surface area contributed by atoms with Gasteiger partial charge in [-0.1, -0.05) is 48.5 Å². The molecule has 4 nitrogen and oxygen atoms in total. The second-order valence-corrected chi connectivity index (χ2v) is 6.87. The van der Waals surface area contributed by atoms with Gasteiger partial charge in [0.05, 0.1) is 0 Å². The fourth-order valence-corrected chi connectivity index (χ4v) is 3.48. The first-order valence-electron chi connectivity index (χ1n) is 9.35. The molecule has 0 atom stereocenters. The van der Waals surface area contributed by atoms with E-state index < -0.39 is 0 Å². The van der Waals surface area contributed by atoms with Gasteiger partial charge in [0.15, 0.2) is 0 Å². The largest absolute Gasteiger partial charge is 0.336 e. The first kappa shape index (κ1) is 17.4. The Morgan fingerprint density at radius 1 is 0.815 bits per heavy atom. The van der Waals surface area contributed by atoms with Crippen molar-refractivity contribution in [2.45, 2.75) is 6.54 Å². The third-order valence-corrected chi connectivity index (χ3v) is 5.03. The quantitative estimate of drug-likeness (QED) is 0.714. The van der Waals surface area contributed by atoms with Crippen LogP contribution in [0.1, 0.15) is 15.9 Å². The van der Waals surface area contributed by atoms with Crippen molar-refractivity contribution in [1.82, 2.24) is 14.8 Å². The van der Waals surface area contributed by atoms with Crippen LogP contribution in [-0.4, -0.2) is 46.9 Å². The molecule has 1 aromatic heterocycles. The zero-order valence-corrected chi connectivity index (χ0v) is 15.3. The first-order valence-corrected chi connectivity index (χ1v) is 9.35. The summed E-state index contributed by atoms with van der Waals surface area (Å²) in [5.41, 5.74) is 4.28. The highest BCUT2D eigenvalue weighted by Crippen LogP contribution is 2.20. The molecule has 1 fully saturated rings. The minimum absolute atomic E-state index is 0.121. The van der Waals surface area contributed by atoms with Crippen molar-refractivity contribution >= 4 is 5.91 Å². The maximum Gasteiger partial charge on any atom is 0.253 e. The molecule has 0 bridgehead atoms. The van der Waals surface area contributed by atoms with Crippen molar-refractivity contribution in [3.05, 3.63) is 90.3 Å². The minimum Gasteiger partial charge on any atom is -0.336 e. The summed E-state index contributed by atoms with van der Waals surface area (Å²) < 4.78 is 0. The highest BCUT2D eigenvalue weighted by Gasteiger charge is 2.22. The van der Waals surface area contributed by atoms with E-state index in [4.69, 9.17) is 0 Å². The summed E-state index contributed by atoms with van der Waals surface area (Å²) in [6, 6.07) is 22.2. The number of carbonyl (C=O) groups excluding carboxylic acids is 1. The van der Waals surface area contributed by atoms with Gasteiger partial charge in [-0.25, -0.2) is 0 Å². The van der Waals surface area contributed by atoms with Crippen LogP contribution in [0.3, 0.4) is 0 Å². The molecule has 0 spiro atoms. The summed E-state index contributed by atoms with van der Waals surface area (Å²) >= 11 is 0. The number of hydrogen-bond donors (Lipinski definition) is 0. The Morgan fingerprint density at radius 3 is 2.19 bits per heavy atom. The first-order chi connectivity index (χ1) is 13.3. The highest BCUT2D eigenvalue weighted by molar-refractivity contribution is 5.94. The molecule has 3 aromatic rings. The van der Waals surface area contributed by atoms with Crippen LogP contribution < -0.4 is 0 Å². The summed E-state index contributed by atoms with van der Waals surface area (Å²) in [4.78, 5) is 21.3. The van der Waals surface area contributed by atoms with Gasteiger partial charge in [0.2, 0.25) is 0 Å². The summed E-state index contributed by atoms with van der Waals surface area (Å²) in [6.45, 7) is 4.20. The van der Waals surface area contributed by atoms with Crippen molar-refractivity contribution in [3.8, 4) is 11.1 Å². The molecule has 4 heteroatoms. The molecule has 1 saturated heterocycles. The highest BCUT2D eigenvalue weighted by atomic mass is 16.2.